The number of carbonyl (C=O) groups excluding carboxylic acids is 1. The summed E-state index contributed by atoms with van der Waals surface area (Å²) in [7, 11) is 0. The fourth-order valence-electron chi connectivity index (χ4n) is 2.94. The first-order valence-corrected chi connectivity index (χ1v) is 8.44. The van der Waals surface area contributed by atoms with Crippen LogP contribution in [0, 0.1) is 5.92 Å². The Hall–Kier alpha value is -2.56. The number of allylic oxidation sites excluding steroid dienone is 1. The van der Waals surface area contributed by atoms with Gasteiger partial charge in [0.05, 0.1) is 0 Å². The van der Waals surface area contributed by atoms with Crippen LogP contribution in [-0.2, 0) is 0 Å². The van der Waals surface area contributed by atoms with Crippen molar-refractivity contribution in [2.75, 3.05) is 13.2 Å². The van der Waals surface area contributed by atoms with Crippen LogP contribution in [0.25, 0.3) is 0 Å². The molecule has 0 spiro atoms. The standard InChI is InChI=1S/C19H23N3O2/c23-19(18-10-12-21-22-18)20-14-16-8-6-15(7-9-16)11-13-24-17-4-2-1-3-5-17/h1-5,10-12,16H,6-9,13-14H2,(H,20,23)(H,21,22). The lowest BCUT2D eigenvalue weighted by Gasteiger charge is -2.24. The van der Waals surface area contributed by atoms with Crippen molar-refractivity contribution in [2.45, 2.75) is 25.7 Å². The Labute approximate surface area is 142 Å². The number of rotatable bonds is 6. The summed E-state index contributed by atoms with van der Waals surface area (Å²) >= 11 is 0. The van der Waals surface area contributed by atoms with Crippen molar-refractivity contribution in [3.8, 4) is 5.75 Å². The summed E-state index contributed by atoms with van der Waals surface area (Å²) in [6, 6.07) is 11.6. The second kappa shape index (κ2) is 8.34. The minimum atomic E-state index is -0.0786. The monoisotopic (exact) mass is 325 g/mol. The summed E-state index contributed by atoms with van der Waals surface area (Å²) in [5, 5.41) is 9.46. The molecule has 1 amide bonds. The second-order valence-electron chi connectivity index (χ2n) is 6.11. The molecule has 5 nitrogen and oxygen atoms in total. The van der Waals surface area contributed by atoms with E-state index in [2.05, 4.69) is 21.6 Å². The average molecular weight is 325 g/mol. The lowest BCUT2D eigenvalue weighted by molar-refractivity contribution is 0.0939. The summed E-state index contributed by atoms with van der Waals surface area (Å²) in [5.41, 5.74) is 1.98. The van der Waals surface area contributed by atoms with Gasteiger partial charge in [-0.1, -0.05) is 23.8 Å². The van der Waals surface area contributed by atoms with E-state index in [4.69, 9.17) is 4.74 Å². The second-order valence-corrected chi connectivity index (χ2v) is 6.11. The summed E-state index contributed by atoms with van der Waals surface area (Å²) in [6.45, 7) is 1.35. The maximum absolute atomic E-state index is 11.9. The van der Waals surface area contributed by atoms with Gasteiger partial charge in [0.2, 0.25) is 0 Å². The lowest BCUT2D eigenvalue weighted by Crippen LogP contribution is -2.30. The predicted octanol–water partition coefficient (Wildman–Crippen LogP) is 3.34. The van der Waals surface area contributed by atoms with E-state index in [1.807, 2.05) is 30.3 Å². The number of hydrogen-bond acceptors (Lipinski definition) is 3. The van der Waals surface area contributed by atoms with E-state index >= 15 is 0 Å². The van der Waals surface area contributed by atoms with Gasteiger partial charge in [0.15, 0.2) is 0 Å². The number of aromatic nitrogens is 2. The zero-order chi connectivity index (χ0) is 16.6. The Kier molecular flexibility index (Phi) is 5.66. The maximum Gasteiger partial charge on any atom is 0.269 e. The Balaban J connectivity index is 1.36. The molecule has 5 heteroatoms. The van der Waals surface area contributed by atoms with Crippen LogP contribution in [0.4, 0.5) is 0 Å². The van der Waals surface area contributed by atoms with E-state index in [9.17, 15) is 4.79 Å². The molecular weight excluding hydrogens is 302 g/mol. The van der Waals surface area contributed by atoms with Crippen LogP contribution < -0.4 is 10.1 Å². The molecule has 1 aromatic carbocycles. The largest absolute Gasteiger partial charge is 0.490 e. The number of H-pyrrole nitrogens is 1. The molecule has 0 saturated heterocycles. The predicted molar refractivity (Wildman–Crippen MR) is 92.9 cm³/mol. The van der Waals surface area contributed by atoms with E-state index in [1.54, 1.807) is 12.3 Å². The van der Waals surface area contributed by atoms with Crippen LogP contribution in [0.5, 0.6) is 5.75 Å². The molecule has 2 aromatic rings. The highest BCUT2D eigenvalue weighted by Gasteiger charge is 2.17. The van der Waals surface area contributed by atoms with Gasteiger partial charge in [-0.3, -0.25) is 9.89 Å². The molecule has 0 atom stereocenters. The lowest BCUT2D eigenvalue weighted by atomic mass is 9.85. The molecule has 0 bridgehead atoms. The molecule has 126 valence electrons. The number of nitrogens with one attached hydrogen (secondary N) is 2. The maximum atomic E-state index is 11.9. The highest BCUT2D eigenvalue weighted by atomic mass is 16.5. The van der Waals surface area contributed by atoms with Crippen LogP contribution in [-0.4, -0.2) is 29.3 Å². The van der Waals surface area contributed by atoms with Gasteiger partial charge >= 0.3 is 0 Å². The number of aromatic amines is 1. The Morgan fingerprint density at radius 3 is 2.75 bits per heavy atom. The fraction of sp³-hybridized carbons (Fsp3) is 0.368. The van der Waals surface area contributed by atoms with Crippen molar-refractivity contribution in [1.82, 2.24) is 15.5 Å². The van der Waals surface area contributed by atoms with E-state index in [0.29, 0.717) is 18.2 Å². The molecule has 24 heavy (non-hydrogen) atoms. The van der Waals surface area contributed by atoms with E-state index in [0.717, 1.165) is 38.0 Å². The third-order valence-electron chi connectivity index (χ3n) is 4.41. The first-order chi connectivity index (χ1) is 11.8. The first kappa shape index (κ1) is 16.3. The minimum absolute atomic E-state index is 0.0786. The molecule has 1 saturated carbocycles. The number of nitrogens with zero attached hydrogens (tertiary/aromatic N) is 1. The zero-order valence-corrected chi connectivity index (χ0v) is 13.7. The van der Waals surface area contributed by atoms with Crippen molar-refractivity contribution in [2.24, 2.45) is 5.92 Å². The number of ether oxygens (including phenoxy) is 1. The summed E-state index contributed by atoms with van der Waals surface area (Å²) in [5.74, 6) is 1.37. The van der Waals surface area contributed by atoms with Gasteiger partial charge in [-0.2, -0.15) is 5.10 Å². The highest BCUT2D eigenvalue weighted by molar-refractivity contribution is 5.92. The minimum Gasteiger partial charge on any atom is -0.490 e. The van der Waals surface area contributed by atoms with E-state index in [-0.39, 0.29) is 5.91 Å². The van der Waals surface area contributed by atoms with Gasteiger partial charge < -0.3 is 10.1 Å². The highest BCUT2D eigenvalue weighted by Crippen LogP contribution is 2.27. The molecule has 1 aliphatic rings. The molecular formula is C19H23N3O2. The van der Waals surface area contributed by atoms with E-state index < -0.39 is 0 Å². The van der Waals surface area contributed by atoms with Crippen molar-refractivity contribution < 1.29 is 9.53 Å². The molecule has 1 fully saturated rings. The van der Waals surface area contributed by atoms with Crippen LogP contribution in [0.1, 0.15) is 36.2 Å². The van der Waals surface area contributed by atoms with Crippen LogP contribution in [0.15, 0.2) is 54.2 Å². The number of benzene rings is 1. The van der Waals surface area contributed by atoms with Gasteiger partial charge in [0.1, 0.15) is 18.1 Å². The van der Waals surface area contributed by atoms with Crippen LogP contribution in [0.3, 0.4) is 0 Å². The topological polar surface area (TPSA) is 67.0 Å². The van der Waals surface area contributed by atoms with Gasteiger partial charge in [-0.25, -0.2) is 0 Å². The molecule has 0 unspecified atom stereocenters. The molecule has 1 heterocycles. The first-order valence-electron chi connectivity index (χ1n) is 8.44. The zero-order valence-electron chi connectivity index (χ0n) is 13.7. The van der Waals surface area contributed by atoms with Gasteiger partial charge in [0.25, 0.3) is 5.91 Å². The van der Waals surface area contributed by atoms with E-state index in [1.165, 1.54) is 5.57 Å². The Morgan fingerprint density at radius 2 is 2.04 bits per heavy atom. The number of hydrogen-bond donors (Lipinski definition) is 2. The smallest absolute Gasteiger partial charge is 0.269 e. The van der Waals surface area contributed by atoms with Crippen molar-refractivity contribution in [3.63, 3.8) is 0 Å². The number of carbonyl (C=O) groups is 1. The Morgan fingerprint density at radius 1 is 1.25 bits per heavy atom. The molecule has 0 radical (unpaired) electrons. The summed E-state index contributed by atoms with van der Waals surface area (Å²) < 4.78 is 5.71. The molecule has 1 aromatic heterocycles. The summed E-state index contributed by atoms with van der Waals surface area (Å²) in [6.07, 6.45) is 8.18. The van der Waals surface area contributed by atoms with Crippen molar-refractivity contribution in [1.29, 1.82) is 0 Å². The SMILES string of the molecule is O=C(NCC1CCC(=CCOc2ccccc2)CC1)c1ccn[nH]1. The molecule has 0 aliphatic heterocycles. The van der Waals surface area contributed by atoms with Crippen LogP contribution >= 0.6 is 0 Å². The van der Waals surface area contributed by atoms with Gasteiger partial charge in [-0.05, 0) is 55.9 Å². The fourth-order valence-corrected chi connectivity index (χ4v) is 2.94. The van der Waals surface area contributed by atoms with Gasteiger partial charge in [-0.15, -0.1) is 0 Å². The third-order valence-corrected chi connectivity index (χ3v) is 4.41. The summed E-state index contributed by atoms with van der Waals surface area (Å²) in [4.78, 5) is 11.9. The normalized spacial score (nSPS) is 17.3. The van der Waals surface area contributed by atoms with Gasteiger partial charge in [0, 0.05) is 12.7 Å². The average Bonchev–Trinajstić information content (AvgIpc) is 3.16. The molecule has 2 N–H and O–H groups in total. The van der Waals surface area contributed by atoms with Crippen molar-refractivity contribution in [3.05, 3.63) is 59.9 Å². The van der Waals surface area contributed by atoms with Crippen LogP contribution in [0.2, 0.25) is 0 Å². The quantitative estimate of drug-likeness (QED) is 0.801. The molecule has 3 rings (SSSR count). The molecule has 1 aliphatic carbocycles. The third kappa shape index (κ3) is 4.72. The Bertz CT molecular complexity index is 655. The number of amides is 1. The van der Waals surface area contributed by atoms with Crippen molar-refractivity contribution >= 4 is 5.91 Å². The number of para-hydroxylation sites is 1.